The first-order valence-corrected chi connectivity index (χ1v) is 13.9. The van der Waals surface area contributed by atoms with E-state index in [2.05, 4.69) is 47.7 Å². The number of carbonyl (C=O) groups is 1. The first-order chi connectivity index (χ1) is 20.1. The third kappa shape index (κ3) is 6.76. The molecule has 3 N–H and O–H groups in total. The van der Waals surface area contributed by atoms with Gasteiger partial charge in [0.1, 0.15) is 10.8 Å². The Morgan fingerprint density at radius 1 is 1.19 bits per heavy atom. The minimum atomic E-state index is -4.65. The van der Waals surface area contributed by atoms with E-state index in [9.17, 15) is 22.8 Å². The molecule has 4 aromatic rings. The molecular weight excluding hydrogens is 577 g/mol. The van der Waals surface area contributed by atoms with Crippen LogP contribution in [0.15, 0.2) is 39.1 Å². The van der Waals surface area contributed by atoms with Crippen LogP contribution in [0.25, 0.3) is 33.2 Å². The molecule has 0 radical (unpaired) electrons. The Bertz CT molecular complexity index is 1610. The zero-order chi connectivity index (χ0) is 29.9. The Morgan fingerprint density at radius 2 is 1.98 bits per heavy atom. The Balaban J connectivity index is 1.60. The minimum absolute atomic E-state index is 0.0340. The number of nitrogens with one attached hydrogen (secondary N) is 3. The van der Waals surface area contributed by atoms with Crippen molar-refractivity contribution in [3.05, 3.63) is 46.2 Å². The summed E-state index contributed by atoms with van der Waals surface area (Å²) >= 11 is 0.792. The van der Waals surface area contributed by atoms with Crippen LogP contribution in [0.2, 0.25) is 0 Å². The molecule has 0 atom stereocenters. The number of urea groups is 1. The molecule has 0 bridgehead atoms. The molecule has 1 fully saturated rings. The number of alkyl halides is 3. The van der Waals surface area contributed by atoms with Crippen LogP contribution < -0.4 is 21.1 Å². The fourth-order valence-corrected chi connectivity index (χ4v) is 5.28. The van der Waals surface area contributed by atoms with Crippen LogP contribution in [-0.4, -0.2) is 69.4 Å². The van der Waals surface area contributed by atoms with Crippen LogP contribution in [0, 0.1) is 5.92 Å². The summed E-state index contributed by atoms with van der Waals surface area (Å²) in [6, 6.07) is 2.51. The molecule has 5 rings (SSSR count). The van der Waals surface area contributed by atoms with Crippen molar-refractivity contribution in [3.63, 3.8) is 0 Å². The third-order valence-electron chi connectivity index (χ3n) is 6.63. The van der Waals surface area contributed by atoms with Gasteiger partial charge >= 0.3 is 18.0 Å². The van der Waals surface area contributed by atoms with Gasteiger partial charge in [-0.1, -0.05) is 0 Å². The quantitative estimate of drug-likeness (QED) is 0.264. The van der Waals surface area contributed by atoms with E-state index in [1.165, 1.54) is 18.5 Å². The highest BCUT2D eigenvalue weighted by atomic mass is 32.1. The number of hydrogen-bond donors (Lipinski definition) is 3. The van der Waals surface area contributed by atoms with Gasteiger partial charge in [0.15, 0.2) is 5.69 Å². The van der Waals surface area contributed by atoms with Gasteiger partial charge < -0.3 is 19.4 Å². The normalized spacial score (nSPS) is 14.6. The van der Waals surface area contributed by atoms with E-state index in [4.69, 9.17) is 9.15 Å². The number of H-pyrrole nitrogens is 1. The monoisotopic (exact) mass is 604 g/mol. The SMILES string of the molecule is CCNC(=O)Nc1cc(-c2nc(C(F)(F)F)cs2)c(-c2cc(-c3n[nH]c(=O)o3)cnc2OCC2CCN(C)CC2)cn1. The van der Waals surface area contributed by atoms with Gasteiger partial charge in [-0.15, -0.1) is 16.4 Å². The van der Waals surface area contributed by atoms with Gasteiger partial charge in [-0.05, 0) is 58.0 Å². The number of hydrogen-bond acceptors (Lipinski definition) is 10. The number of anilines is 1. The largest absolute Gasteiger partial charge is 0.477 e. The third-order valence-corrected chi connectivity index (χ3v) is 7.50. The summed E-state index contributed by atoms with van der Waals surface area (Å²) in [5.74, 6) is -0.210. The summed E-state index contributed by atoms with van der Waals surface area (Å²) in [7, 11) is 2.06. The van der Waals surface area contributed by atoms with Crippen molar-refractivity contribution >= 4 is 23.2 Å². The Hall–Kier alpha value is -4.31. The Labute approximate surface area is 241 Å². The Morgan fingerprint density at radius 3 is 2.64 bits per heavy atom. The van der Waals surface area contributed by atoms with Gasteiger partial charge in [0.2, 0.25) is 5.88 Å². The molecule has 12 nitrogen and oxygen atoms in total. The number of rotatable bonds is 8. The van der Waals surface area contributed by atoms with Gasteiger partial charge in [-0.3, -0.25) is 5.32 Å². The van der Waals surface area contributed by atoms with E-state index in [0.29, 0.717) is 29.8 Å². The van der Waals surface area contributed by atoms with Crippen molar-refractivity contribution in [3.8, 4) is 39.0 Å². The van der Waals surface area contributed by atoms with Gasteiger partial charge in [-0.25, -0.2) is 29.6 Å². The summed E-state index contributed by atoms with van der Waals surface area (Å²) in [5.41, 5.74) is 0.226. The lowest BCUT2D eigenvalue weighted by molar-refractivity contribution is -0.140. The van der Waals surface area contributed by atoms with Crippen molar-refractivity contribution < 1.29 is 27.1 Å². The summed E-state index contributed by atoms with van der Waals surface area (Å²) < 4.78 is 51.7. The second-order valence-corrected chi connectivity index (χ2v) is 10.5. The highest BCUT2D eigenvalue weighted by Gasteiger charge is 2.34. The molecule has 1 saturated heterocycles. The molecule has 0 aliphatic carbocycles. The predicted molar refractivity (Wildman–Crippen MR) is 148 cm³/mol. The molecule has 2 amide bonds. The zero-order valence-electron chi connectivity index (χ0n) is 22.6. The molecule has 0 aromatic carbocycles. The molecule has 0 unspecified atom stereocenters. The molecule has 0 saturated carbocycles. The summed E-state index contributed by atoms with van der Waals surface area (Å²) in [6.07, 6.45) is 0.0556. The first-order valence-electron chi connectivity index (χ1n) is 13.1. The van der Waals surface area contributed by atoms with Gasteiger partial charge in [0.25, 0.3) is 5.89 Å². The highest BCUT2D eigenvalue weighted by Crippen LogP contribution is 2.41. The average Bonchev–Trinajstić information content (AvgIpc) is 3.63. The molecule has 16 heteroatoms. The maximum atomic E-state index is 13.5. The summed E-state index contributed by atoms with van der Waals surface area (Å²) in [4.78, 5) is 38.6. The zero-order valence-corrected chi connectivity index (χ0v) is 23.4. The van der Waals surface area contributed by atoms with Crippen LogP contribution in [0.1, 0.15) is 25.5 Å². The number of carbonyl (C=O) groups excluding carboxylic acids is 1. The van der Waals surface area contributed by atoms with Crippen LogP contribution in [0.3, 0.4) is 0 Å². The van der Waals surface area contributed by atoms with E-state index < -0.39 is 23.7 Å². The number of aromatic nitrogens is 5. The van der Waals surface area contributed by atoms with Crippen molar-refractivity contribution in [2.45, 2.75) is 25.9 Å². The number of pyridine rings is 2. The molecule has 42 heavy (non-hydrogen) atoms. The van der Waals surface area contributed by atoms with Crippen molar-refractivity contribution in [2.24, 2.45) is 5.92 Å². The number of aromatic amines is 1. The molecule has 1 aliphatic rings. The fourth-order valence-electron chi connectivity index (χ4n) is 4.42. The van der Waals surface area contributed by atoms with E-state index in [-0.39, 0.29) is 34.1 Å². The summed E-state index contributed by atoms with van der Waals surface area (Å²) in [5, 5.41) is 12.2. The first kappa shape index (κ1) is 29.2. The number of piperidine rings is 1. The lowest BCUT2D eigenvalue weighted by atomic mass is 9.98. The van der Waals surface area contributed by atoms with Crippen LogP contribution in [-0.2, 0) is 6.18 Å². The molecule has 5 heterocycles. The lowest BCUT2D eigenvalue weighted by Crippen LogP contribution is -2.32. The van der Waals surface area contributed by atoms with Crippen LogP contribution in [0.4, 0.5) is 23.8 Å². The smallest absolute Gasteiger partial charge is 0.434 e. The number of nitrogens with zero attached hydrogens (tertiary/aromatic N) is 5. The maximum absolute atomic E-state index is 13.5. The van der Waals surface area contributed by atoms with E-state index in [1.54, 1.807) is 13.0 Å². The molecule has 4 aromatic heterocycles. The maximum Gasteiger partial charge on any atom is 0.434 e. The van der Waals surface area contributed by atoms with Crippen LogP contribution >= 0.6 is 11.3 Å². The molecule has 0 spiro atoms. The second kappa shape index (κ2) is 12.3. The van der Waals surface area contributed by atoms with E-state index >= 15 is 0 Å². The standard InChI is InChI=1S/C26H27F3N8O4S/c1-3-30-24(38)34-20-9-17(23-33-19(13-42-23)26(27,28)29)18(11-31-20)16-8-15(21-35-36-25(39)41-21)10-32-22(16)40-12-14-4-6-37(2)7-5-14/h8-11,13-14H,3-7,12H2,1-2H3,(H,36,39)(H2,30,31,34,38). The molecular formula is C26H27F3N8O4S. The number of likely N-dealkylation sites (tertiary alicyclic amines) is 1. The van der Waals surface area contributed by atoms with E-state index in [1.807, 2.05) is 0 Å². The summed E-state index contributed by atoms with van der Waals surface area (Å²) in [6.45, 7) is 4.35. The van der Waals surface area contributed by atoms with Crippen LogP contribution in [0.5, 0.6) is 5.88 Å². The minimum Gasteiger partial charge on any atom is -0.477 e. The number of thiazole rings is 1. The van der Waals surface area contributed by atoms with Gasteiger partial charge in [0, 0.05) is 41.0 Å². The van der Waals surface area contributed by atoms with Crippen molar-refractivity contribution in [2.75, 3.05) is 38.6 Å². The van der Waals surface area contributed by atoms with Crippen molar-refractivity contribution in [1.29, 1.82) is 0 Å². The fraction of sp³-hybridized carbons (Fsp3) is 0.385. The van der Waals surface area contributed by atoms with Crippen molar-refractivity contribution in [1.82, 2.24) is 35.4 Å². The topological polar surface area (TPSA) is 151 Å². The van der Waals surface area contributed by atoms with E-state index in [0.717, 1.165) is 42.6 Å². The average molecular weight is 605 g/mol. The number of amides is 2. The van der Waals surface area contributed by atoms with Gasteiger partial charge in [-0.2, -0.15) is 13.2 Å². The second-order valence-electron chi connectivity index (χ2n) is 9.69. The predicted octanol–water partition coefficient (Wildman–Crippen LogP) is 4.49. The molecule has 1 aliphatic heterocycles. The highest BCUT2D eigenvalue weighted by molar-refractivity contribution is 7.13. The number of ether oxygens (including phenoxy) is 1. The van der Waals surface area contributed by atoms with Gasteiger partial charge in [0.05, 0.1) is 12.2 Å². The lowest BCUT2D eigenvalue weighted by Gasteiger charge is -2.28. The Kier molecular flexibility index (Phi) is 8.54. The molecule has 222 valence electrons. The number of halogens is 3.